The van der Waals surface area contributed by atoms with Crippen LogP contribution in [0.15, 0.2) is 18.2 Å². The number of pyridine rings is 1. The van der Waals surface area contributed by atoms with E-state index in [1.54, 1.807) is 13.0 Å². The number of hydrogen-bond acceptors (Lipinski definition) is 5. The maximum Gasteiger partial charge on any atom is 0.356 e. The van der Waals surface area contributed by atoms with Gasteiger partial charge in [0.2, 0.25) is 5.91 Å². The first-order chi connectivity index (χ1) is 9.54. The summed E-state index contributed by atoms with van der Waals surface area (Å²) in [6.45, 7) is 3.94. The van der Waals surface area contributed by atoms with Crippen molar-refractivity contribution in [3.8, 4) is 0 Å². The van der Waals surface area contributed by atoms with E-state index in [2.05, 4.69) is 15.6 Å². The highest BCUT2D eigenvalue weighted by Crippen LogP contribution is 2.01. The third-order valence-electron chi connectivity index (χ3n) is 2.25. The normalized spacial score (nSPS) is 9.70. The lowest BCUT2D eigenvalue weighted by molar-refractivity contribution is -0.118. The quantitative estimate of drug-likeness (QED) is 0.569. The van der Waals surface area contributed by atoms with Crippen molar-refractivity contribution in [1.29, 1.82) is 0 Å². The minimum absolute atomic E-state index is 0.0846. The van der Waals surface area contributed by atoms with E-state index in [4.69, 9.17) is 4.74 Å². The van der Waals surface area contributed by atoms with Crippen molar-refractivity contribution in [2.45, 2.75) is 13.8 Å². The highest BCUT2D eigenvalue weighted by Gasteiger charge is 2.12. The Bertz CT molecular complexity index is 502. The van der Waals surface area contributed by atoms with Crippen LogP contribution in [0.5, 0.6) is 0 Å². The molecule has 0 radical (unpaired) electrons. The molecule has 0 saturated carbocycles. The lowest BCUT2D eigenvalue weighted by atomic mass is 10.3. The number of ether oxygens (including phenoxy) is 1. The molecule has 2 N–H and O–H groups in total. The molecule has 7 heteroatoms. The third kappa shape index (κ3) is 5.05. The fourth-order valence-electron chi connectivity index (χ4n) is 1.39. The summed E-state index contributed by atoms with van der Waals surface area (Å²) in [4.78, 5) is 37.9. The number of esters is 1. The highest BCUT2D eigenvalue weighted by molar-refractivity contribution is 5.94. The van der Waals surface area contributed by atoms with Crippen LogP contribution in [0.3, 0.4) is 0 Å². The summed E-state index contributed by atoms with van der Waals surface area (Å²) in [6, 6.07) is 4.53. The first-order valence-corrected chi connectivity index (χ1v) is 6.21. The van der Waals surface area contributed by atoms with E-state index in [0.717, 1.165) is 0 Å². The van der Waals surface area contributed by atoms with Crippen molar-refractivity contribution in [3.05, 3.63) is 29.6 Å². The van der Waals surface area contributed by atoms with Gasteiger partial charge in [-0.1, -0.05) is 6.07 Å². The number of rotatable bonds is 6. The number of nitrogens with one attached hydrogen (secondary N) is 2. The number of carbonyl (C=O) groups excluding carboxylic acids is 3. The predicted molar refractivity (Wildman–Crippen MR) is 71.2 cm³/mol. The Morgan fingerprint density at radius 2 is 1.80 bits per heavy atom. The number of hydrogen-bond donors (Lipinski definition) is 2. The molecule has 7 nitrogen and oxygen atoms in total. The average Bonchev–Trinajstić information content (AvgIpc) is 2.43. The van der Waals surface area contributed by atoms with E-state index in [9.17, 15) is 14.4 Å². The summed E-state index contributed by atoms with van der Waals surface area (Å²) in [5.41, 5.74) is 0.208. The van der Waals surface area contributed by atoms with Gasteiger partial charge in [-0.15, -0.1) is 0 Å². The molecule has 0 aliphatic carbocycles. The van der Waals surface area contributed by atoms with Crippen LogP contribution in [0, 0.1) is 0 Å². The van der Waals surface area contributed by atoms with Crippen molar-refractivity contribution in [2.24, 2.45) is 0 Å². The first-order valence-electron chi connectivity index (χ1n) is 6.21. The van der Waals surface area contributed by atoms with E-state index in [1.165, 1.54) is 19.1 Å². The molecule has 1 heterocycles. The van der Waals surface area contributed by atoms with Gasteiger partial charge in [0.1, 0.15) is 11.4 Å². The molecule has 0 saturated heterocycles. The number of nitrogens with zero attached hydrogens (tertiary/aromatic N) is 1. The molecular weight excluding hydrogens is 262 g/mol. The van der Waals surface area contributed by atoms with Crippen molar-refractivity contribution in [2.75, 3.05) is 19.7 Å². The van der Waals surface area contributed by atoms with Gasteiger partial charge in [-0.2, -0.15) is 0 Å². The zero-order chi connectivity index (χ0) is 15.0. The molecule has 108 valence electrons. The number of carbonyl (C=O) groups is 3. The molecule has 0 aromatic carbocycles. The molecule has 0 aliphatic heterocycles. The second-order valence-electron chi connectivity index (χ2n) is 3.87. The minimum Gasteiger partial charge on any atom is -0.461 e. The maximum absolute atomic E-state index is 11.8. The average molecular weight is 279 g/mol. The fraction of sp³-hybridized carbons (Fsp3) is 0.385. The topological polar surface area (TPSA) is 97.4 Å². The van der Waals surface area contributed by atoms with Crippen molar-refractivity contribution in [3.63, 3.8) is 0 Å². The van der Waals surface area contributed by atoms with E-state index >= 15 is 0 Å². The van der Waals surface area contributed by atoms with Crippen LogP contribution in [0.1, 0.15) is 34.8 Å². The van der Waals surface area contributed by atoms with Gasteiger partial charge < -0.3 is 15.4 Å². The summed E-state index contributed by atoms with van der Waals surface area (Å²) < 4.78 is 4.81. The SMILES string of the molecule is CCOC(=O)c1cccc(C(=O)NCCNC(C)=O)n1. The van der Waals surface area contributed by atoms with Gasteiger partial charge in [0.25, 0.3) is 5.91 Å². The summed E-state index contributed by atoms with van der Waals surface area (Å²) >= 11 is 0. The Morgan fingerprint density at radius 1 is 1.15 bits per heavy atom. The van der Waals surface area contributed by atoms with Crippen LogP contribution in [-0.2, 0) is 9.53 Å². The second-order valence-corrected chi connectivity index (χ2v) is 3.87. The van der Waals surface area contributed by atoms with Gasteiger partial charge in [-0.25, -0.2) is 9.78 Å². The van der Waals surface area contributed by atoms with Crippen LogP contribution in [0.4, 0.5) is 0 Å². The van der Waals surface area contributed by atoms with Crippen molar-refractivity contribution in [1.82, 2.24) is 15.6 Å². The molecule has 0 atom stereocenters. The van der Waals surface area contributed by atoms with Crippen LogP contribution in [0.2, 0.25) is 0 Å². The van der Waals surface area contributed by atoms with E-state index in [-0.39, 0.29) is 30.4 Å². The summed E-state index contributed by atoms with van der Waals surface area (Å²) in [6.07, 6.45) is 0. The standard InChI is InChI=1S/C13H17N3O4/c1-3-20-13(19)11-6-4-5-10(16-11)12(18)15-8-7-14-9(2)17/h4-6H,3,7-8H2,1-2H3,(H,14,17)(H,15,18). The Labute approximate surface area is 116 Å². The van der Waals surface area contributed by atoms with Crippen molar-refractivity contribution >= 4 is 17.8 Å². The summed E-state index contributed by atoms with van der Waals surface area (Å²) in [7, 11) is 0. The van der Waals surface area contributed by atoms with Gasteiger partial charge in [-0.05, 0) is 19.1 Å². The van der Waals surface area contributed by atoms with Crippen LogP contribution in [0.25, 0.3) is 0 Å². The number of amides is 2. The molecule has 0 unspecified atom stereocenters. The molecule has 0 spiro atoms. The largest absolute Gasteiger partial charge is 0.461 e. The monoisotopic (exact) mass is 279 g/mol. The van der Waals surface area contributed by atoms with Gasteiger partial charge in [0.05, 0.1) is 6.61 Å². The number of aromatic nitrogens is 1. The lowest BCUT2D eigenvalue weighted by Crippen LogP contribution is -2.34. The predicted octanol–water partition coefficient (Wildman–Crippen LogP) is 0.124. The molecule has 0 bridgehead atoms. The zero-order valence-electron chi connectivity index (χ0n) is 11.4. The smallest absolute Gasteiger partial charge is 0.356 e. The van der Waals surface area contributed by atoms with Gasteiger partial charge >= 0.3 is 5.97 Å². The zero-order valence-corrected chi connectivity index (χ0v) is 11.4. The molecule has 20 heavy (non-hydrogen) atoms. The van der Waals surface area contributed by atoms with E-state index in [1.807, 2.05) is 0 Å². The maximum atomic E-state index is 11.8. The molecule has 1 rings (SSSR count). The Morgan fingerprint density at radius 3 is 2.45 bits per heavy atom. The Kier molecular flexibility index (Phi) is 6.15. The van der Waals surface area contributed by atoms with Gasteiger partial charge in [0, 0.05) is 20.0 Å². The first kappa shape index (κ1) is 15.6. The summed E-state index contributed by atoms with van der Waals surface area (Å²) in [5.74, 6) is -1.15. The Balaban J connectivity index is 2.58. The molecule has 1 aromatic rings. The molecule has 2 amide bonds. The summed E-state index contributed by atoms with van der Waals surface area (Å²) in [5, 5.41) is 5.13. The molecular formula is C13H17N3O4. The van der Waals surface area contributed by atoms with E-state index in [0.29, 0.717) is 6.54 Å². The van der Waals surface area contributed by atoms with Crippen molar-refractivity contribution < 1.29 is 19.1 Å². The second kappa shape index (κ2) is 7.88. The minimum atomic E-state index is -0.569. The Hall–Kier alpha value is -2.44. The van der Waals surface area contributed by atoms with E-state index < -0.39 is 11.9 Å². The highest BCUT2D eigenvalue weighted by atomic mass is 16.5. The fourth-order valence-corrected chi connectivity index (χ4v) is 1.39. The van der Waals surface area contributed by atoms with Gasteiger partial charge in [-0.3, -0.25) is 9.59 Å². The van der Waals surface area contributed by atoms with Crippen LogP contribution < -0.4 is 10.6 Å². The van der Waals surface area contributed by atoms with Crippen LogP contribution in [-0.4, -0.2) is 42.5 Å². The lowest BCUT2D eigenvalue weighted by Gasteiger charge is -2.06. The van der Waals surface area contributed by atoms with Crippen LogP contribution >= 0.6 is 0 Å². The van der Waals surface area contributed by atoms with Gasteiger partial charge in [0.15, 0.2) is 0 Å². The molecule has 0 aliphatic rings. The third-order valence-corrected chi connectivity index (χ3v) is 2.25. The molecule has 1 aromatic heterocycles. The molecule has 0 fully saturated rings.